The summed E-state index contributed by atoms with van der Waals surface area (Å²) in [6.45, 7) is 0. The first-order valence-electron chi connectivity index (χ1n) is 6.78. The maximum absolute atomic E-state index is 12.6. The Hall–Kier alpha value is -3.27. The minimum absolute atomic E-state index is 0.0614. The molecule has 1 aromatic carbocycles. The highest BCUT2D eigenvalue weighted by Crippen LogP contribution is 2.25. The van der Waals surface area contributed by atoms with Gasteiger partial charge in [0.2, 0.25) is 0 Å². The number of carbonyl (C=O) groups is 3. The van der Waals surface area contributed by atoms with Crippen molar-refractivity contribution < 1.29 is 23.7 Å². The average Bonchev–Trinajstić information content (AvgIpc) is 3.00. The van der Waals surface area contributed by atoms with Crippen molar-refractivity contribution in [2.75, 3.05) is 4.90 Å². The second kappa shape index (κ2) is 6.32. The molecule has 1 aromatic heterocycles. The number of imide groups is 2. The van der Waals surface area contributed by atoms with E-state index in [-0.39, 0.29) is 17.0 Å². The van der Waals surface area contributed by atoms with Crippen molar-refractivity contribution in [3.8, 4) is 0 Å². The molecule has 126 valence electrons. The number of hydrogen-bond donors (Lipinski definition) is 1. The van der Waals surface area contributed by atoms with E-state index in [9.17, 15) is 24.5 Å². The van der Waals surface area contributed by atoms with Crippen molar-refractivity contribution >= 4 is 51.4 Å². The average molecular weight is 406 g/mol. The zero-order valence-corrected chi connectivity index (χ0v) is 13.8. The fourth-order valence-electron chi connectivity index (χ4n) is 2.17. The van der Waals surface area contributed by atoms with E-state index < -0.39 is 28.7 Å². The van der Waals surface area contributed by atoms with Crippen LogP contribution in [0.3, 0.4) is 0 Å². The number of carbonyl (C=O) groups excluding carboxylic acids is 3. The molecule has 3 rings (SSSR count). The van der Waals surface area contributed by atoms with Gasteiger partial charge in [0.15, 0.2) is 0 Å². The normalized spacial score (nSPS) is 16.3. The molecule has 0 radical (unpaired) electrons. The number of halogens is 1. The Labute approximate surface area is 148 Å². The molecule has 2 aromatic rings. The van der Waals surface area contributed by atoms with Gasteiger partial charge in [-0.05, 0) is 30.3 Å². The van der Waals surface area contributed by atoms with Gasteiger partial charge in [-0.3, -0.25) is 25.0 Å². The molecule has 1 aliphatic rings. The van der Waals surface area contributed by atoms with Crippen molar-refractivity contribution in [2.24, 2.45) is 0 Å². The van der Waals surface area contributed by atoms with E-state index >= 15 is 0 Å². The summed E-state index contributed by atoms with van der Waals surface area (Å²) in [4.78, 5) is 47.3. The Balaban J connectivity index is 2.00. The van der Waals surface area contributed by atoms with Crippen LogP contribution in [0.25, 0.3) is 6.08 Å². The van der Waals surface area contributed by atoms with Crippen LogP contribution in [-0.4, -0.2) is 22.8 Å². The topological polar surface area (TPSA) is 123 Å². The number of benzene rings is 1. The molecule has 0 aliphatic carbocycles. The number of nitrogens with zero attached hydrogens (tertiary/aromatic N) is 2. The van der Waals surface area contributed by atoms with Crippen LogP contribution in [-0.2, 0) is 9.59 Å². The number of barbiturate groups is 1. The quantitative estimate of drug-likeness (QED) is 0.362. The van der Waals surface area contributed by atoms with Crippen LogP contribution < -0.4 is 10.2 Å². The molecule has 9 nitrogen and oxygen atoms in total. The van der Waals surface area contributed by atoms with E-state index in [4.69, 9.17) is 4.42 Å². The maximum Gasteiger partial charge on any atom is 0.433 e. The predicted molar refractivity (Wildman–Crippen MR) is 88.5 cm³/mol. The molecule has 1 fully saturated rings. The summed E-state index contributed by atoms with van der Waals surface area (Å²) in [5.41, 5.74) is -0.135. The SMILES string of the molecule is O=C1NC(=O)N(c2cccc(Br)c2)C(=O)/C1=C\c1ccc([N+](=O)[O-])o1. The second-order valence-electron chi connectivity index (χ2n) is 4.87. The van der Waals surface area contributed by atoms with Crippen LogP contribution in [0.2, 0.25) is 0 Å². The van der Waals surface area contributed by atoms with Gasteiger partial charge in [0.1, 0.15) is 16.3 Å². The van der Waals surface area contributed by atoms with Crippen LogP contribution in [0.4, 0.5) is 16.4 Å². The summed E-state index contributed by atoms with van der Waals surface area (Å²) < 4.78 is 5.55. The van der Waals surface area contributed by atoms with Crippen molar-refractivity contribution in [1.82, 2.24) is 5.32 Å². The lowest BCUT2D eigenvalue weighted by Crippen LogP contribution is -2.54. The summed E-state index contributed by atoms with van der Waals surface area (Å²) in [5, 5.41) is 12.7. The Morgan fingerprint density at radius 3 is 2.60 bits per heavy atom. The highest BCUT2D eigenvalue weighted by atomic mass is 79.9. The van der Waals surface area contributed by atoms with E-state index in [1.165, 1.54) is 18.2 Å². The molecule has 25 heavy (non-hydrogen) atoms. The smallest absolute Gasteiger partial charge is 0.401 e. The maximum atomic E-state index is 12.6. The summed E-state index contributed by atoms with van der Waals surface area (Å²) >= 11 is 3.24. The first kappa shape index (κ1) is 16.6. The van der Waals surface area contributed by atoms with Crippen molar-refractivity contribution in [3.05, 3.63) is 62.3 Å². The lowest BCUT2D eigenvalue weighted by atomic mass is 10.1. The van der Waals surface area contributed by atoms with Gasteiger partial charge in [-0.2, -0.15) is 0 Å². The zero-order valence-electron chi connectivity index (χ0n) is 12.3. The highest BCUT2D eigenvalue weighted by Gasteiger charge is 2.37. The van der Waals surface area contributed by atoms with Crippen LogP contribution in [0.5, 0.6) is 0 Å². The number of anilines is 1. The van der Waals surface area contributed by atoms with E-state index in [1.54, 1.807) is 12.1 Å². The molecule has 2 heterocycles. The lowest BCUT2D eigenvalue weighted by molar-refractivity contribution is -0.402. The predicted octanol–water partition coefficient (Wildman–Crippen LogP) is 2.62. The molecule has 1 saturated heterocycles. The van der Waals surface area contributed by atoms with Gasteiger partial charge in [-0.25, -0.2) is 9.69 Å². The number of furan rings is 1. The molecule has 1 N–H and O–H groups in total. The van der Waals surface area contributed by atoms with Gasteiger partial charge in [0.05, 0.1) is 11.8 Å². The zero-order chi connectivity index (χ0) is 18.1. The Morgan fingerprint density at radius 1 is 1.20 bits per heavy atom. The third kappa shape index (κ3) is 3.19. The molecule has 0 unspecified atom stereocenters. The lowest BCUT2D eigenvalue weighted by Gasteiger charge is -2.26. The highest BCUT2D eigenvalue weighted by molar-refractivity contribution is 9.10. The Morgan fingerprint density at radius 2 is 1.96 bits per heavy atom. The van der Waals surface area contributed by atoms with Gasteiger partial charge in [0.25, 0.3) is 11.8 Å². The fraction of sp³-hybridized carbons (Fsp3) is 0. The molecule has 1 aliphatic heterocycles. The molecule has 0 bridgehead atoms. The van der Waals surface area contributed by atoms with Crippen LogP contribution in [0, 0.1) is 10.1 Å². The molecular formula is C15H8BrN3O6. The van der Waals surface area contributed by atoms with E-state index in [0.29, 0.717) is 4.47 Å². The van der Waals surface area contributed by atoms with Gasteiger partial charge >= 0.3 is 11.9 Å². The van der Waals surface area contributed by atoms with Gasteiger partial charge in [-0.15, -0.1) is 0 Å². The molecule has 4 amide bonds. The summed E-state index contributed by atoms with van der Waals surface area (Å²) in [7, 11) is 0. The van der Waals surface area contributed by atoms with Gasteiger partial charge in [-0.1, -0.05) is 22.0 Å². The van der Waals surface area contributed by atoms with Gasteiger partial charge in [0, 0.05) is 4.47 Å². The number of hydrogen-bond acceptors (Lipinski definition) is 6. The minimum atomic E-state index is -0.916. The molecule has 10 heteroatoms. The molecule has 0 spiro atoms. The minimum Gasteiger partial charge on any atom is -0.401 e. The van der Waals surface area contributed by atoms with Crippen molar-refractivity contribution in [1.29, 1.82) is 0 Å². The Bertz CT molecular complexity index is 948. The van der Waals surface area contributed by atoms with E-state index in [1.807, 2.05) is 5.32 Å². The number of amides is 4. The van der Waals surface area contributed by atoms with Crippen LogP contribution in [0.15, 0.2) is 50.9 Å². The standard InChI is InChI=1S/C15H8BrN3O6/c16-8-2-1-3-9(6-8)18-14(21)11(13(20)17-15(18)22)7-10-4-5-12(25-10)19(23)24/h1-7H,(H,17,20,22)/b11-7-. The molecular weight excluding hydrogens is 398 g/mol. The first-order chi connectivity index (χ1) is 11.9. The summed E-state index contributed by atoms with van der Waals surface area (Å²) in [6, 6.07) is 7.82. The summed E-state index contributed by atoms with van der Waals surface area (Å²) in [6.07, 6.45) is 1.04. The largest absolute Gasteiger partial charge is 0.433 e. The number of nitro groups is 1. The number of urea groups is 1. The third-order valence-electron chi connectivity index (χ3n) is 3.25. The van der Waals surface area contributed by atoms with Crippen molar-refractivity contribution in [2.45, 2.75) is 0 Å². The Kier molecular flexibility index (Phi) is 4.19. The monoisotopic (exact) mass is 405 g/mol. The number of rotatable bonds is 3. The second-order valence-corrected chi connectivity index (χ2v) is 5.79. The van der Waals surface area contributed by atoms with Crippen molar-refractivity contribution in [3.63, 3.8) is 0 Å². The summed E-state index contributed by atoms with van der Waals surface area (Å²) in [5.74, 6) is -2.38. The third-order valence-corrected chi connectivity index (χ3v) is 3.74. The first-order valence-corrected chi connectivity index (χ1v) is 7.57. The fourth-order valence-corrected chi connectivity index (χ4v) is 2.55. The van der Waals surface area contributed by atoms with E-state index in [0.717, 1.165) is 17.0 Å². The van der Waals surface area contributed by atoms with Crippen LogP contribution >= 0.6 is 15.9 Å². The molecule has 0 atom stereocenters. The van der Waals surface area contributed by atoms with Crippen LogP contribution in [0.1, 0.15) is 5.76 Å². The van der Waals surface area contributed by atoms with Gasteiger partial charge < -0.3 is 4.42 Å². The van der Waals surface area contributed by atoms with E-state index in [2.05, 4.69) is 15.9 Å². The molecule has 0 saturated carbocycles. The number of nitrogens with one attached hydrogen (secondary N) is 1.